The molecule has 0 aliphatic heterocycles. The maximum atomic E-state index is 2.34. The normalized spacial score (nSPS) is 13.5. The summed E-state index contributed by atoms with van der Waals surface area (Å²) in [6.07, 6.45) is 0. The first-order chi connectivity index (χ1) is 5.33. The molecular weight excluding hydrogens is 148 g/mol. The molecule has 0 unspecified atom stereocenters. The van der Waals surface area contributed by atoms with Crippen molar-refractivity contribution in [1.29, 1.82) is 0 Å². The third kappa shape index (κ3) is 4.73. The van der Waals surface area contributed by atoms with Gasteiger partial charge in [0.2, 0.25) is 0 Å². The van der Waals surface area contributed by atoms with Crippen molar-refractivity contribution in [2.24, 2.45) is 0 Å². The third-order valence-electron chi connectivity index (χ3n) is 2.84. The quantitative estimate of drug-likeness (QED) is 0.549. The van der Waals surface area contributed by atoms with Gasteiger partial charge in [-0.2, -0.15) is 0 Å². The van der Waals surface area contributed by atoms with E-state index in [1.54, 1.807) is 0 Å². The van der Waals surface area contributed by atoms with Crippen LogP contribution in [0.1, 0.15) is 13.8 Å². The molecular formula is C10H26N2+2. The lowest BCUT2D eigenvalue weighted by Crippen LogP contribution is -2.51. The number of rotatable bonds is 5. The standard InChI is InChI=1S/C10H26N2/c1-7-12(6,8-2)10-9-11(3,4)5/h7-10H2,1-6H3/q+2. The lowest BCUT2D eigenvalue weighted by Gasteiger charge is -2.35. The number of likely N-dealkylation sites (N-methyl/N-ethyl adjacent to an activating group) is 2. The fourth-order valence-corrected chi connectivity index (χ4v) is 1.08. The lowest BCUT2D eigenvalue weighted by atomic mass is 10.3. The van der Waals surface area contributed by atoms with Crippen LogP contribution >= 0.6 is 0 Å². The van der Waals surface area contributed by atoms with Gasteiger partial charge in [0.25, 0.3) is 0 Å². The summed E-state index contributed by atoms with van der Waals surface area (Å²) in [5.74, 6) is 0. The lowest BCUT2D eigenvalue weighted by molar-refractivity contribution is -0.946. The Bertz CT molecular complexity index is 120. The highest BCUT2D eigenvalue weighted by molar-refractivity contribution is 4.33. The number of nitrogens with zero attached hydrogens (tertiary/aromatic N) is 2. The summed E-state index contributed by atoms with van der Waals surface area (Å²) < 4.78 is 2.28. The zero-order chi connectivity index (χ0) is 9.83. The molecule has 0 N–H and O–H groups in total. The van der Waals surface area contributed by atoms with Crippen molar-refractivity contribution in [2.45, 2.75) is 13.8 Å². The predicted molar refractivity (Wildman–Crippen MR) is 55.0 cm³/mol. The van der Waals surface area contributed by atoms with Crippen LogP contribution in [0.2, 0.25) is 0 Å². The largest absolute Gasteiger partial charge is 0.326 e. The number of quaternary nitrogens is 2. The van der Waals surface area contributed by atoms with Crippen LogP contribution in [0, 0.1) is 0 Å². The second-order valence-corrected chi connectivity index (χ2v) is 4.99. The van der Waals surface area contributed by atoms with Gasteiger partial charge in [0.1, 0.15) is 13.1 Å². The second kappa shape index (κ2) is 4.24. The fourth-order valence-electron chi connectivity index (χ4n) is 1.08. The topological polar surface area (TPSA) is 0 Å². The highest BCUT2D eigenvalue weighted by Gasteiger charge is 2.20. The summed E-state index contributed by atoms with van der Waals surface area (Å²) in [4.78, 5) is 0. The van der Waals surface area contributed by atoms with Crippen LogP contribution in [-0.2, 0) is 0 Å². The van der Waals surface area contributed by atoms with Gasteiger partial charge < -0.3 is 8.97 Å². The Kier molecular flexibility index (Phi) is 4.21. The van der Waals surface area contributed by atoms with Gasteiger partial charge in [-0.25, -0.2) is 0 Å². The van der Waals surface area contributed by atoms with Gasteiger partial charge >= 0.3 is 0 Å². The zero-order valence-electron chi connectivity index (χ0n) is 9.72. The molecule has 0 saturated heterocycles. The van der Waals surface area contributed by atoms with E-state index in [0.717, 1.165) is 4.48 Å². The molecule has 0 bridgehead atoms. The Balaban J connectivity index is 3.89. The molecule has 74 valence electrons. The average Bonchev–Trinajstić information content (AvgIpc) is 1.99. The minimum atomic E-state index is 1.08. The van der Waals surface area contributed by atoms with Crippen molar-refractivity contribution in [2.75, 3.05) is 54.4 Å². The Morgan fingerprint density at radius 2 is 1.17 bits per heavy atom. The van der Waals surface area contributed by atoms with E-state index < -0.39 is 0 Å². The summed E-state index contributed by atoms with van der Waals surface area (Å²) >= 11 is 0. The Morgan fingerprint density at radius 1 is 0.750 bits per heavy atom. The van der Waals surface area contributed by atoms with Crippen LogP contribution in [0.25, 0.3) is 0 Å². The van der Waals surface area contributed by atoms with Crippen molar-refractivity contribution >= 4 is 0 Å². The van der Waals surface area contributed by atoms with Crippen molar-refractivity contribution in [3.63, 3.8) is 0 Å². The summed E-state index contributed by atoms with van der Waals surface area (Å²) in [5, 5.41) is 0. The summed E-state index contributed by atoms with van der Waals surface area (Å²) in [5.41, 5.74) is 0. The second-order valence-electron chi connectivity index (χ2n) is 4.99. The van der Waals surface area contributed by atoms with E-state index >= 15 is 0 Å². The molecule has 0 saturated carbocycles. The molecule has 0 fully saturated rings. The van der Waals surface area contributed by atoms with Crippen molar-refractivity contribution in [1.82, 2.24) is 0 Å². The monoisotopic (exact) mass is 174 g/mol. The van der Waals surface area contributed by atoms with E-state index in [0.29, 0.717) is 0 Å². The molecule has 0 aromatic rings. The van der Waals surface area contributed by atoms with Crippen LogP contribution in [0.15, 0.2) is 0 Å². The zero-order valence-corrected chi connectivity index (χ0v) is 9.72. The molecule has 0 aromatic heterocycles. The number of hydrogen-bond donors (Lipinski definition) is 0. The average molecular weight is 174 g/mol. The van der Waals surface area contributed by atoms with Crippen LogP contribution in [0.3, 0.4) is 0 Å². The summed E-state index contributed by atoms with van der Waals surface area (Å²) in [6, 6.07) is 0. The van der Waals surface area contributed by atoms with Gasteiger partial charge in [-0.3, -0.25) is 0 Å². The first-order valence-electron chi connectivity index (χ1n) is 4.97. The molecule has 0 aliphatic carbocycles. The van der Waals surface area contributed by atoms with Gasteiger partial charge in [0.05, 0.1) is 41.3 Å². The molecule has 12 heavy (non-hydrogen) atoms. The van der Waals surface area contributed by atoms with E-state index in [1.165, 1.54) is 30.7 Å². The van der Waals surface area contributed by atoms with Gasteiger partial charge in [-0.05, 0) is 13.8 Å². The first kappa shape index (κ1) is 11.9. The highest BCUT2D eigenvalue weighted by atomic mass is 15.4. The van der Waals surface area contributed by atoms with Gasteiger partial charge in [-0.1, -0.05) is 0 Å². The molecule has 0 heterocycles. The van der Waals surface area contributed by atoms with E-state index in [2.05, 4.69) is 42.0 Å². The molecule has 0 spiro atoms. The summed E-state index contributed by atoms with van der Waals surface area (Å²) in [7, 11) is 9.12. The molecule has 0 aliphatic rings. The van der Waals surface area contributed by atoms with Gasteiger partial charge in [0, 0.05) is 0 Å². The van der Waals surface area contributed by atoms with Crippen LogP contribution in [0.4, 0.5) is 0 Å². The highest BCUT2D eigenvalue weighted by Crippen LogP contribution is 2.02. The SMILES string of the molecule is CC[N+](C)(CC)CC[N+](C)(C)C. The smallest absolute Gasteiger partial charge is 0.128 e. The first-order valence-corrected chi connectivity index (χ1v) is 4.97. The molecule has 0 amide bonds. The van der Waals surface area contributed by atoms with E-state index in [1.807, 2.05) is 0 Å². The van der Waals surface area contributed by atoms with Crippen molar-refractivity contribution in [3.05, 3.63) is 0 Å². The summed E-state index contributed by atoms with van der Waals surface area (Å²) in [6.45, 7) is 9.60. The fraction of sp³-hybridized carbons (Fsp3) is 1.00. The third-order valence-corrected chi connectivity index (χ3v) is 2.84. The maximum Gasteiger partial charge on any atom is 0.128 e. The van der Waals surface area contributed by atoms with E-state index in [4.69, 9.17) is 0 Å². The molecule has 0 atom stereocenters. The number of hydrogen-bond acceptors (Lipinski definition) is 0. The predicted octanol–water partition coefficient (Wildman–Crippen LogP) is 1.18. The van der Waals surface area contributed by atoms with E-state index in [9.17, 15) is 0 Å². The van der Waals surface area contributed by atoms with Crippen molar-refractivity contribution in [3.8, 4) is 0 Å². The van der Waals surface area contributed by atoms with Gasteiger partial charge in [-0.15, -0.1) is 0 Å². The van der Waals surface area contributed by atoms with Crippen LogP contribution in [0.5, 0.6) is 0 Å². The Hall–Kier alpha value is -0.0800. The molecule has 0 radical (unpaired) electrons. The Morgan fingerprint density at radius 3 is 1.42 bits per heavy atom. The van der Waals surface area contributed by atoms with E-state index in [-0.39, 0.29) is 0 Å². The minimum Gasteiger partial charge on any atom is -0.326 e. The van der Waals surface area contributed by atoms with Crippen LogP contribution < -0.4 is 0 Å². The van der Waals surface area contributed by atoms with Gasteiger partial charge in [0.15, 0.2) is 0 Å². The maximum absolute atomic E-state index is 2.34. The van der Waals surface area contributed by atoms with Crippen LogP contribution in [-0.4, -0.2) is 63.3 Å². The molecule has 0 aromatic carbocycles. The molecule has 0 rings (SSSR count). The van der Waals surface area contributed by atoms with Crippen molar-refractivity contribution < 1.29 is 8.97 Å². The molecule has 2 heteroatoms. The minimum absolute atomic E-state index is 1.08. The Labute approximate surface area is 78.0 Å². The molecule has 2 nitrogen and oxygen atoms in total.